The molecule has 1 rings (SSSR count). The topological polar surface area (TPSA) is 55.1 Å². The predicted octanol–water partition coefficient (Wildman–Crippen LogP) is 1.98. The molecular weight excluding hydrogens is 204 g/mol. The molecule has 0 aromatic carbocycles. The third-order valence-corrected chi connectivity index (χ3v) is 2.68. The van der Waals surface area contributed by atoms with Crippen LogP contribution in [0.5, 0.6) is 0 Å². The van der Waals surface area contributed by atoms with E-state index in [4.69, 9.17) is 5.11 Å². The summed E-state index contributed by atoms with van der Waals surface area (Å²) in [7, 11) is 1.86. The maximum atomic E-state index is 10.8. The fraction of sp³-hybridized carbons (Fsp3) is 0.667. The van der Waals surface area contributed by atoms with Gasteiger partial charge in [0, 0.05) is 24.6 Å². The number of carboxylic acid groups (broad SMARTS) is 1. The number of aryl methyl sites for hydroxylation is 1. The van der Waals surface area contributed by atoms with Crippen molar-refractivity contribution < 1.29 is 9.90 Å². The lowest BCUT2D eigenvalue weighted by Crippen LogP contribution is -2.14. The first-order valence-corrected chi connectivity index (χ1v) is 5.48. The maximum Gasteiger partial charge on any atom is 0.306 e. The molecule has 0 bridgehead atoms. The maximum absolute atomic E-state index is 10.8. The van der Waals surface area contributed by atoms with E-state index >= 15 is 0 Å². The van der Waals surface area contributed by atoms with Gasteiger partial charge in [0.15, 0.2) is 0 Å². The third-order valence-electron chi connectivity index (χ3n) is 2.68. The highest BCUT2D eigenvalue weighted by molar-refractivity contribution is 5.69. The van der Waals surface area contributed by atoms with Gasteiger partial charge in [-0.3, -0.25) is 9.48 Å². The van der Waals surface area contributed by atoms with Gasteiger partial charge in [0.2, 0.25) is 0 Å². The van der Waals surface area contributed by atoms with Crippen molar-refractivity contribution in [1.82, 2.24) is 9.78 Å². The van der Waals surface area contributed by atoms with E-state index in [0.29, 0.717) is 6.42 Å². The van der Waals surface area contributed by atoms with Crippen molar-refractivity contribution in [3.05, 3.63) is 17.5 Å². The van der Waals surface area contributed by atoms with Crippen LogP contribution in [0, 0.1) is 5.92 Å². The molecule has 0 aliphatic carbocycles. The van der Waals surface area contributed by atoms with Crippen molar-refractivity contribution in [3.8, 4) is 0 Å². The minimum atomic E-state index is -0.765. The number of carboxylic acids is 1. The van der Waals surface area contributed by atoms with Gasteiger partial charge in [-0.1, -0.05) is 27.7 Å². The van der Waals surface area contributed by atoms with Gasteiger partial charge in [0.1, 0.15) is 0 Å². The van der Waals surface area contributed by atoms with E-state index in [1.807, 2.05) is 13.1 Å². The number of nitrogens with zero attached hydrogens (tertiary/aromatic N) is 2. The van der Waals surface area contributed by atoms with Gasteiger partial charge < -0.3 is 5.11 Å². The lowest BCUT2D eigenvalue weighted by Gasteiger charge is -2.13. The minimum absolute atomic E-state index is 0.00245. The van der Waals surface area contributed by atoms with Crippen molar-refractivity contribution in [2.24, 2.45) is 13.0 Å². The summed E-state index contributed by atoms with van der Waals surface area (Å²) in [5, 5.41) is 13.3. The first kappa shape index (κ1) is 12.7. The Hall–Kier alpha value is -1.32. The lowest BCUT2D eigenvalue weighted by molar-refractivity contribution is -0.141. The van der Waals surface area contributed by atoms with E-state index in [1.54, 1.807) is 11.6 Å². The Kier molecular flexibility index (Phi) is 3.41. The molecule has 0 spiro atoms. The van der Waals surface area contributed by atoms with E-state index < -0.39 is 5.97 Å². The van der Waals surface area contributed by atoms with Crippen LogP contribution < -0.4 is 0 Å². The van der Waals surface area contributed by atoms with Crippen molar-refractivity contribution >= 4 is 5.97 Å². The minimum Gasteiger partial charge on any atom is -0.481 e. The molecule has 90 valence electrons. The molecule has 0 amide bonds. The van der Waals surface area contributed by atoms with Crippen molar-refractivity contribution in [2.75, 3.05) is 0 Å². The Labute approximate surface area is 96.3 Å². The Morgan fingerprint density at radius 1 is 1.56 bits per heavy atom. The zero-order valence-corrected chi connectivity index (χ0v) is 10.6. The fourth-order valence-electron chi connectivity index (χ4n) is 1.46. The van der Waals surface area contributed by atoms with Crippen LogP contribution in [-0.4, -0.2) is 20.9 Å². The Morgan fingerprint density at radius 3 is 2.50 bits per heavy atom. The average Bonchev–Trinajstić information content (AvgIpc) is 2.47. The van der Waals surface area contributed by atoms with Crippen LogP contribution in [0.15, 0.2) is 6.07 Å². The van der Waals surface area contributed by atoms with Gasteiger partial charge in [-0.05, 0) is 6.07 Å². The van der Waals surface area contributed by atoms with E-state index in [9.17, 15) is 4.79 Å². The smallest absolute Gasteiger partial charge is 0.306 e. The summed E-state index contributed by atoms with van der Waals surface area (Å²) < 4.78 is 1.78. The highest BCUT2D eigenvalue weighted by atomic mass is 16.4. The molecule has 0 aliphatic rings. The van der Waals surface area contributed by atoms with Crippen molar-refractivity contribution in [2.45, 2.75) is 39.5 Å². The molecule has 4 nitrogen and oxygen atoms in total. The predicted molar refractivity (Wildman–Crippen MR) is 62.4 cm³/mol. The third kappa shape index (κ3) is 2.84. The van der Waals surface area contributed by atoms with Crippen LogP contribution >= 0.6 is 0 Å². The van der Waals surface area contributed by atoms with E-state index in [1.165, 1.54) is 0 Å². The van der Waals surface area contributed by atoms with Crippen LogP contribution in [0.2, 0.25) is 0 Å². The van der Waals surface area contributed by atoms with Crippen LogP contribution in [0.1, 0.15) is 39.1 Å². The summed E-state index contributed by atoms with van der Waals surface area (Å²) in [6.45, 7) is 8.01. The normalized spacial score (nSPS) is 13.8. The van der Waals surface area contributed by atoms with E-state index in [2.05, 4.69) is 25.9 Å². The van der Waals surface area contributed by atoms with Crippen LogP contribution in [-0.2, 0) is 23.7 Å². The highest BCUT2D eigenvalue weighted by Crippen LogP contribution is 2.22. The summed E-state index contributed by atoms with van der Waals surface area (Å²) in [6.07, 6.45) is 0.523. The second kappa shape index (κ2) is 4.28. The number of rotatable bonds is 3. The largest absolute Gasteiger partial charge is 0.481 e. The summed E-state index contributed by atoms with van der Waals surface area (Å²) in [6, 6.07) is 2.00. The van der Waals surface area contributed by atoms with Crippen LogP contribution in [0.25, 0.3) is 0 Å². The number of carbonyl (C=O) groups is 1. The zero-order valence-electron chi connectivity index (χ0n) is 10.6. The molecule has 16 heavy (non-hydrogen) atoms. The van der Waals surface area contributed by atoms with Crippen molar-refractivity contribution in [3.63, 3.8) is 0 Å². The summed E-state index contributed by atoms with van der Waals surface area (Å²) >= 11 is 0. The monoisotopic (exact) mass is 224 g/mol. The molecule has 1 aromatic rings. The van der Waals surface area contributed by atoms with Crippen molar-refractivity contribution in [1.29, 1.82) is 0 Å². The van der Waals surface area contributed by atoms with Gasteiger partial charge in [0.05, 0.1) is 11.6 Å². The summed E-state index contributed by atoms with van der Waals surface area (Å²) in [5.41, 5.74) is 1.98. The van der Waals surface area contributed by atoms with Gasteiger partial charge in [-0.25, -0.2) is 0 Å². The summed E-state index contributed by atoms with van der Waals surface area (Å²) in [4.78, 5) is 10.8. The van der Waals surface area contributed by atoms with Gasteiger partial charge in [0.25, 0.3) is 0 Å². The molecule has 1 aromatic heterocycles. The second-order valence-electron chi connectivity index (χ2n) is 5.34. The first-order valence-electron chi connectivity index (χ1n) is 5.48. The molecule has 0 aliphatic heterocycles. The lowest BCUT2D eigenvalue weighted by atomic mass is 9.92. The molecule has 1 heterocycles. The molecule has 0 fully saturated rings. The molecule has 0 saturated heterocycles. The SMILES string of the molecule is CC(Cc1cc(C(C)(C)C)nn1C)C(=O)O. The molecule has 0 radical (unpaired) electrons. The number of aliphatic carboxylic acids is 1. The molecule has 1 atom stereocenters. The second-order valence-corrected chi connectivity index (χ2v) is 5.34. The molecule has 1 N–H and O–H groups in total. The highest BCUT2D eigenvalue weighted by Gasteiger charge is 2.21. The fourth-order valence-corrected chi connectivity index (χ4v) is 1.46. The van der Waals surface area contributed by atoms with Crippen LogP contribution in [0.3, 0.4) is 0 Å². The number of hydrogen-bond acceptors (Lipinski definition) is 2. The molecular formula is C12H20N2O2. The van der Waals surface area contributed by atoms with Crippen LogP contribution in [0.4, 0.5) is 0 Å². The van der Waals surface area contributed by atoms with Gasteiger partial charge in [-0.15, -0.1) is 0 Å². The van der Waals surface area contributed by atoms with E-state index in [-0.39, 0.29) is 11.3 Å². The summed E-state index contributed by atoms with van der Waals surface area (Å²) in [5.74, 6) is -1.14. The molecule has 4 heteroatoms. The standard InChI is InChI=1S/C12H20N2O2/c1-8(11(15)16)6-9-7-10(12(2,3)4)13-14(9)5/h7-8H,6H2,1-5H3,(H,15,16). The quantitative estimate of drug-likeness (QED) is 0.854. The molecule has 0 saturated carbocycles. The Bertz CT molecular complexity index is 388. The Balaban J connectivity index is 2.91. The first-order chi connectivity index (χ1) is 7.21. The van der Waals surface area contributed by atoms with Gasteiger partial charge in [-0.2, -0.15) is 5.10 Å². The Morgan fingerprint density at radius 2 is 2.12 bits per heavy atom. The number of hydrogen-bond donors (Lipinski definition) is 1. The van der Waals surface area contributed by atoms with Gasteiger partial charge >= 0.3 is 5.97 Å². The molecule has 1 unspecified atom stereocenters. The zero-order chi connectivity index (χ0) is 12.5. The average molecular weight is 224 g/mol. The number of aromatic nitrogens is 2. The van der Waals surface area contributed by atoms with E-state index in [0.717, 1.165) is 11.4 Å².